The highest BCUT2D eigenvalue weighted by atomic mass is 16.1. The third-order valence-electron chi connectivity index (χ3n) is 3.87. The molecule has 21 heavy (non-hydrogen) atoms. The second-order valence-corrected chi connectivity index (χ2v) is 5.36. The second kappa shape index (κ2) is 6.40. The molecular formula is C19H19NO. The molecule has 0 unspecified atom stereocenters. The van der Waals surface area contributed by atoms with Gasteiger partial charge in [-0.1, -0.05) is 48.5 Å². The Morgan fingerprint density at radius 1 is 0.857 bits per heavy atom. The average molecular weight is 277 g/mol. The van der Waals surface area contributed by atoms with E-state index in [0.29, 0.717) is 6.42 Å². The molecule has 0 aliphatic heterocycles. The average Bonchev–Trinajstić information content (AvgIpc) is 2.55. The van der Waals surface area contributed by atoms with E-state index in [-0.39, 0.29) is 5.78 Å². The van der Waals surface area contributed by atoms with Gasteiger partial charge in [-0.25, -0.2) is 0 Å². The maximum absolute atomic E-state index is 11.9. The monoisotopic (exact) mass is 277 g/mol. The molecule has 0 spiro atoms. The standard InChI is InChI=1S/C19H19NO/c21-19-13-7-4-10-16(19)14-20-18-12-6-5-11-17(18)15-8-2-1-3-9-15/h1-3,5-6,8-9,11-12,14,20H,4,7,10,13H2/b16-14-. The van der Waals surface area contributed by atoms with Crippen LogP contribution >= 0.6 is 0 Å². The number of hydrogen-bond donors (Lipinski definition) is 1. The molecule has 1 aliphatic rings. The lowest BCUT2D eigenvalue weighted by Crippen LogP contribution is -2.10. The van der Waals surface area contributed by atoms with Gasteiger partial charge < -0.3 is 5.32 Å². The highest BCUT2D eigenvalue weighted by Crippen LogP contribution is 2.28. The lowest BCUT2D eigenvalue weighted by atomic mass is 9.94. The molecule has 1 saturated carbocycles. The van der Waals surface area contributed by atoms with E-state index in [1.807, 2.05) is 42.6 Å². The molecule has 0 heterocycles. The Bertz CT molecular complexity index is 658. The molecule has 1 N–H and O–H groups in total. The van der Waals surface area contributed by atoms with Crippen LogP contribution in [0.1, 0.15) is 25.7 Å². The zero-order chi connectivity index (χ0) is 14.5. The van der Waals surface area contributed by atoms with E-state index in [1.165, 1.54) is 5.56 Å². The van der Waals surface area contributed by atoms with Gasteiger partial charge >= 0.3 is 0 Å². The number of Topliss-reactive ketones (excluding diaryl/α,β-unsaturated/α-hetero) is 1. The summed E-state index contributed by atoms with van der Waals surface area (Å²) < 4.78 is 0. The van der Waals surface area contributed by atoms with Crippen molar-refractivity contribution >= 4 is 11.5 Å². The molecule has 106 valence electrons. The number of carbonyl (C=O) groups excluding carboxylic acids is 1. The Balaban J connectivity index is 1.86. The van der Waals surface area contributed by atoms with Crippen LogP contribution < -0.4 is 5.32 Å². The van der Waals surface area contributed by atoms with E-state index in [1.54, 1.807) is 0 Å². The van der Waals surface area contributed by atoms with Crippen LogP contribution in [-0.4, -0.2) is 5.78 Å². The van der Waals surface area contributed by atoms with Crippen molar-refractivity contribution in [2.75, 3.05) is 5.32 Å². The van der Waals surface area contributed by atoms with Crippen LogP contribution in [0.25, 0.3) is 11.1 Å². The first-order valence-electron chi connectivity index (χ1n) is 7.48. The molecular weight excluding hydrogens is 258 g/mol. The smallest absolute Gasteiger partial charge is 0.160 e. The van der Waals surface area contributed by atoms with Gasteiger partial charge in [0.25, 0.3) is 0 Å². The van der Waals surface area contributed by atoms with Gasteiger partial charge in [0, 0.05) is 29.4 Å². The first-order chi connectivity index (χ1) is 10.3. The largest absolute Gasteiger partial charge is 0.361 e. The van der Waals surface area contributed by atoms with Crippen LogP contribution in [0.2, 0.25) is 0 Å². The predicted octanol–water partition coefficient (Wildman–Crippen LogP) is 4.79. The summed E-state index contributed by atoms with van der Waals surface area (Å²) >= 11 is 0. The summed E-state index contributed by atoms with van der Waals surface area (Å²) in [4.78, 5) is 11.9. The van der Waals surface area contributed by atoms with Crippen LogP contribution in [0.5, 0.6) is 0 Å². The van der Waals surface area contributed by atoms with E-state index in [0.717, 1.165) is 36.1 Å². The maximum Gasteiger partial charge on any atom is 0.160 e. The molecule has 0 amide bonds. The Labute approximate surface area is 125 Å². The fourth-order valence-corrected chi connectivity index (χ4v) is 2.70. The minimum Gasteiger partial charge on any atom is -0.361 e. The molecule has 0 bridgehead atoms. The zero-order valence-electron chi connectivity index (χ0n) is 12.0. The van der Waals surface area contributed by atoms with Gasteiger partial charge in [0.15, 0.2) is 5.78 Å². The van der Waals surface area contributed by atoms with Crippen molar-refractivity contribution in [1.29, 1.82) is 0 Å². The summed E-state index contributed by atoms with van der Waals surface area (Å²) in [6.45, 7) is 0. The molecule has 2 nitrogen and oxygen atoms in total. The molecule has 0 saturated heterocycles. The van der Waals surface area contributed by atoms with Crippen molar-refractivity contribution in [3.05, 3.63) is 66.4 Å². The Morgan fingerprint density at radius 2 is 1.57 bits per heavy atom. The van der Waals surface area contributed by atoms with E-state index >= 15 is 0 Å². The van der Waals surface area contributed by atoms with E-state index in [9.17, 15) is 4.79 Å². The SMILES string of the molecule is O=C1CCCC/C1=C/Nc1ccccc1-c1ccccc1. The van der Waals surface area contributed by atoms with Crippen molar-refractivity contribution in [3.8, 4) is 11.1 Å². The van der Waals surface area contributed by atoms with Crippen molar-refractivity contribution in [1.82, 2.24) is 0 Å². The van der Waals surface area contributed by atoms with Gasteiger partial charge in [-0.3, -0.25) is 4.79 Å². The molecule has 2 heteroatoms. The third-order valence-corrected chi connectivity index (χ3v) is 3.87. The Morgan fingerprint density at radius 3 is 2.38 bits per heavy atom. The summed E-state index contributed by atoms with van der Waals surface area (Å²) in [5.41, 5.74) is 4.28. The number of hydrogen-bond acceptors (Lipinski definition) is 2. The normalized spacial score (nSPS) is 17.0. The first-order valence-corrected chi connectivity index (χ1v) is 7.48. The zero-order valence-corrected chi connectivity index (χ0v) is 12.0. The van der Waals surface area contributed by atoms with E-state index < -0.39 is 0 Å². The highest BCUT2D eigenvalue weighted by molar-refractivity contribution is 5.96. The van der Waals surface area contributed by atoms with Crippen LogP contribution in [-0.2, 0) is 4.79 Å². The molecule has 1 fully saturated rings. The number of ketones is 1. The summed E-state index contributed by atoms with van der Waals surface area (Å²) in [7, 11) is 0. The van der Waals surface area contributed by atoms with Crippen molar-refractivity contribution in [2.45, 2.75) is 25.7 Å². The molecule has 2 aromatic rings. The van der Waals surface area contributed by atoms with Gasteiger partial charge in [-0.05, 0) is 30.9 Å². The van der Waals surface area contributed by atoms with Crippen molar-refractivity contribution < 1.29 is 4.79 Å². The number of benzene rings is 2. The number of nitrogens with one attached hydrogen (secondary N) is 1. The summed E-state index contributed by atoms with van der Waals surface area (Å²) in [5.74, 6) is 0.283. The number of carbonyl (C=O) groups is 1. The summed E-state index contributed by atoms with van der Waals surface area (Å²) in [5, 5.41) is 3.33. The topological polar surface area (TPSA) is 29.1 Å². The molecule has 3 rings (SSSR count). The van der Waals surface area contributed by atoms with E-state index in [4.69, 9.17) is 0 Å². The van der Waals surface area contributed by atoms with Gasteiger partial charge in [-0.2, -0.15) is 0 Å². The first kappa shape index (κ1) is 13.6. The lowest BCUT2D eigenvalue weighted by Gasteiger charge is -2.14. The highest BCUT2D eigenvalue weighted by Gasteiger charge is 2.14. The van der Waals surface area contributed by atoms with Gasteiger partial charge in [0.05, 0.1) is 0 Å². The maximum atomic E-state index is 11.9. The van der Waals surface area contributed by atoms with Gasteiger partial charge in [0.1, 0.15) is 0 Å². The van der Waals surface area contributed by atoms with Gasteiger partial charge in [0.2, 0.25) is 0 Å². The second-order valence-electron chi connectivity index (χ2n) is 5.36. The van der Waals surface area contributed by atoms with Gasteiger partial charge in [-0.15, -0.1) is 0 Å². The molecule has 0 aromatic heterocycles. The molecule has 2 aromatic carbocycles. The molecule has 0 radical (unpaired) electrons. The summed E-state index contributed by atoms with van der Waals surface area (Å²) in [6.07, 6.45) is 5.60. The third kappa shape index (κ3) is 3.22. The fraction of sp³-hybridized carbons (Fsp3) is 0.211. The van der Waals surface area contributed by atoms with Crippen LogP contribution in [0.3, 0.4) is 0 Å². The fourth-order valence-electron chi connectivity index (χ4n) is 2.70. The molecule has 0 atom stereocenters. The summed E-state index contributed by atoms with van der Waals surface area (Å²) in [6, 6.07) is 18.5. The Kier molecular flexibility index (Phi) is 4.15. The minimum atomic E-state index is 0.283. The molecule has 1 aliphatic carbocycles. The van der Waals surface area contributed by atoms with E-state index in [2.05, 4.69) is 23.5 Å². The number of allylic oxidation sites excluding steroid dienone is 1. The predicted molar refractivity (Wildman–Crippen MR) is 87.1 cm³/mol. The quantitative estimate of drug-likeness (QED) is 0.817. The Hall–Kier alpha value is -2.35. The number of rotatable bonds is 3. The van der Waals surface area contributed by atoms with Crippen molar-refractivity contribution in [3.63, 3.8) is 0 Å². The van der Waals surface area contributed by atoms with Crippen LogP contribution in [0.15, 0.2) is 66.4 Å². The van der Waals surface area contributed by atoms with Crippen LogP contribution in [0, 0.1) is 0 Å². The number of para-hydroxylation sites is 1. The van der Waals surface area contributed by atoms with Crippen LogP contribution in [0.4, 0.5) is 5.69 Å². The lowest BCUT2D eigenvalue weighted by molar-refractivity contribution is -0.116. The minimum absolute atomic E-state index is 0.283. The van der Waals surface area contributed by atoms with Crippen molar-refractivity contribution in [2.24, 2.45) is 0 Å². The number of anilines is 1.